The van der Waals surface area contributed by atoms with E-state index in [4.69, 9.17) is 4.84 Å². The van der Waals surface area contributed by atoms with Gasteiger partial charge in [0.1, 0.15) is 22.0 Å². The van der Waals surface area contributed by atoms with Gasteiger partial charge in [-0.25, -0.2) is 4.98 Å². The van der Waals surface area contributed by atoms with E-state index in [-0.39, 0.29) is 37.6 Å². The Bertz CT molecular complexity index is 1500. The van der Waals surface area contributed by atoms with Crippen LogP contribution in [0.25, 0.3) is 21.8 Å². The van der Waals surface area contributed by atoms with Crippen molar-refractivity contribution < 1.29 is 4.84 Å². The minimum Gasteiger partial charge on any atom is -0.390 e. The molecule has 0 saturated heterocycles. The zero-order chi connectivity index (χ0) is 19.5. The lowest BCUT2D eigenvalue weighted by Crippen LogP contribution is -2.31. The molecule has 0 N–H and O–H groups in total. The normalized spacial score (nSPS) is 13.1. The zero-order valence-corrected chi connectivity index (χ0v) is 15.4. The van der Waals surface area contributed by atoms with Crippen LogP contribution in [0.4, 0.5) is 0 Å². The van der Waals surface area contributed by atoms with Gasteiger partial charge < -0.3 is 9.40 Å². The van der Waals surface area contributed by atoms with Crippen LogP contribution in [-0.4, -0.2) is 15.2 Å². The fourth-order valence-electron chi connectivity index (χ4n) is 3.20. The predicted molar refractivity (Wildman–Crippen MR) is 101 cm³/mol. The van der Waals surface area contributed by atoms with E-state index in [1.165, 1.54) is 10.9 Å². The summed E-state index contributed by atoms with van der Waals surface area (Å²) in [7, 11) is 1.65. The monoisotopic (exact) mass is 363 g/mol. The number of hydrogen-bond acceptors (Lipinski definition) is 6. The van der Waals surface area contributed by atoms with Crippen LogP contribution in [-0.2, 0) is 11.9 Å². The Kier molecular flexibility index (Phi) is 3.53. The molecular weight excluding hydrogens is 346 g/mol. The molecule has 2 aliphatic rings. The van der Waals surface area contributed by atoms with Crippen LogP contribution in [0.3, 0.4) is 0 Å². The van der Waals surface area contributed by atoms with Crippen LogP contribution < -0.4 is 21.6 Å². The Labute approximate surface area is 152 Å². The maximum Gasteiger partial charge on any atom is 0.216 e. The molecule has 0 saturated carbocycles. The Morgan fingerprint density at radius 3 is 2.15 bits per heavy atom. The summed E-state index contributed by atoms with van der Waals surface area (Å²) in [5.74, 6) is 0. The minimum atomic E-state index is -0.621. The first kappa shape index (κ1) is 17.1. The third-order valence-electron chi connectivity index (χ3n) is 4.37. The average molecular weight is 363 g/mol. The number of nitrogens with zero attached hydrogens (tertiary/aromatic N) is 3. The van der Waals surface area contributed by atoms with Gasteiger partial charge in [-0.3, -0.25) is 14.4 Å². The van der Waals surface area contributed by atoms with Crippen LogP contribution in [0.5, 0.6) is 0 Å². The molecule has 0 fully saturated rings. The van der Waals surface area contributed by atoms with Gasteiger partial charge in [-0.05, 0) is 20.8 Å². The van der Waals surface area contributed by atoms with Gasteiger partial charge in [0.25, 0.3) is 0 Å². The summed E-state index contributed by atoms with van der Waals surface area (Å²) < 4.78 is 1.52. The van der Waals surface area contributed by atoms with Crippen molar-refractivity contribution in [3.8, 4) is 0 Å². The highest BCUT2D eigenvalue weighted by molar-refractivity contribution is 5.84. The number of fused-ring (bicyclic) bond motifs is 2. The van der Waals surface area contributed by atoms with E-state index in [1.54, 1.807) is 31.3 Å². The Hall–Kier alpha value is -3.35. The lowest BCUT2D eigenvalue weighted by Gasteiger charge is -2.15. The van der Waals surface area contributed by atoms with Gasteiger partial charge in [-0.15, -0.1) is 0 Å². The van der Waals surface area contributed by atoms with E-state index < -0.39 is 21.9 Å². The fraction of sp³-hybridized carbons (Fsp3) is 0.250. The van der Waals surface area contributed by atoms with E-state index in [2.05, 4.69) is 10.1 Å². The molecule has 0 atom stereocenters. The standard InChI is InChI=1S/C20H17N3O4/c1-20(2,3)27-22-14-12-13(19(26)16-15(14)21-9-23(16)4)18(25)11-8-6-5-7-10(11)17(12)24/h5-9H,1-4H3/b22-14-. The van der Waals surface area contributed by atoms with Gasteiger partial charge >= 0.3 is 0 Å². The molecule has 0 bridgehead atoms. The second-order valence-corrected chi connectivity index (χ2v) is 7.48. The Morgan fingerprint density at radius 2 is 1.56 bits per heavy atom. The highest BCUT2D eigenvalue weighted by atomic mass is 16.6. The van der Waals surface area contributed by atoms with Gasteiger partial charge in [0, 0.05) is 17.8 Å². The molecule has 0 radical (unpaired) electrons. The average Bonchev–Trinajstić information content (AvgIpc) is 3.00. The highest BCUT2D eigenvalue weighted by Gasteiger charge is 2.19. The summed E-state index contributed by atoms with van der Waals surface area (Å²) in [5, 5.41) is 4.51. The third-order valence-corrected chi connectivity index (χ3v) is 4.37. The molecular formula is C20H17N3O4. The predicted octanol–water partition coefficient (Wildman–Crippen LogP) is 1.04. The van der Waals surface area contributed by atoms with Crippen molar-refractivity contribution in [1.82, 2.24) is 9.55 Å². The molecule has 2 aliphatic carbocycles. The van der Waals surface area contributed by atoms with Crippen molar-refractivity contribution in [2.45, 2.75) is 26.4 Å². The second kappa shape index (κ2) is 5.57. The van der Waals surface area contributed by atoms with Crippen LogP contribution >= 0.6 is 0 Å². The Balaban J connectivity index is 2.45. The maximum atomic E-state index is 13.2. The number of imidazole rings is 1. The van der Waals surface area contributed by atoms with Crippen molar-refractivity contribution in [3.63, 3.8) is 0 Å². The first-order valence-electron chi connectivity index (χ1n) is 8.46. The maximum absolute atomic E-state index is 13.2. The van der Waals surface area contributed by atoms with E-state index in [0.717, 1.165) is 0 Å². The summed E-state index contributed by atoms with van der Waals surface area (Å²) in [6.07, 6.45) is 1.45. The number of aryl methyl sites for hydroxylation is 1. The molecule has 1 aromatic heterocycles. The minimum absolute atomic E-state index is 0.0425. The fourth-order valence-corrected chi connectivity index (χ4v) is 3.20. The molecule has 4 rings (SSSR count). The van der Waals surface area contributed by atoms with E-state index in [9.17, 15) is 14.4 Å². The van der Waals surface area contributed by atoms with Gasteiger partial charge in [0.05, 0.1) is 16.8 Å². The van der Waals surface area contributed by atoms with Crippen molar-refractivity contribution in [2.24, 2.45) is 12.2 Å². The molecule has 2 aromatic rings. The molecule has 0 aliphatic heterocycles. The Morgan fingerprint density at radius 1 is 0.963 bits per heavy atom. The molecule has 0 spiro atoms. The molecule has 0 amide bonds. The van der Waals surface area contributed by atoms with Crippen LogP contribution in [0.1, 0.15) is 20.8 Å². The summed E-state index contributed by atoms with van der Waals surface area (Å²) in [5.41, 5.74) is -1.61. The topological polar surface area (TPSA) is 90.6 Å². The largest absolute Gasteiger partial charge is 0.390 e. The first-order valence-corrected chi connectivity index (χ1v) is 8.46. The van der Waals surface area contributed by atoms with E-state index in [0.29, 0.717) is 0 Å². The highest BCUT2D eigenvalue weighted by Crippen LogP contribution is 2.09. The number of benzene rings is 1. The van der Waals surface area contributed by atoms with Crippen molar-refractivity contribution in [1.29, 1.82) is 0 Å². The van der Waals surface area contributed by atoms with Gasteiger partial charge in [-0.1, -0.05) is 29.4 Å². The summed E-state index contributed by atoms with van der Waals surface area (Å²) in [6, 6.07) is 6.46. The van der Waals surface area contributed by atoms with Crippen LogP contribution in [0.2, 0.25) is 0 Å². The zero-order valence-electron chi connectivity index (χ0n) is 15.4. The molecule has 7 heteroatoms. The smallest absolute Gasteiger partial charge is 0.216 e. The second-order valence-electron chi connectivity index (χ2n) is 7.48. The van der Waals surface area contributed by atoms with Crippen molar-refractivity contribution >= 4 is 21.8 Å². The van der Waals surface area contributed by atoms with Crippen molar-refractivity contribution in [3.05, 3.63) is 77.1 Å². The molecule has 1 heterocycles. The van der Waals surface area contributed by atoms with E-state index >= 15 is 0 Å². The van der Waals surface area contributed by atoms with Gasteiger partial charge in [-0.2, -0.15) is 0 Å². The summed E-state index contributed by atoms with van der Waals surface area (Å²) in [4.78, 5) is 49.0. The number of hydrogen-bond donors (Lipinski definition) is 0. The number of rotatable bonds is 1. The van der Waals surface area contributed by atoms with Gasteiger partial charge in [0.15, 0.2) is 10.9 Å². The number of aromatic nitrogens is 2. The first-order chi connectivity index (χ1) is 12.7. The molecule has 7 nitrogen and oxygen atoms in total. The quantitative estimate of drug-likeness (QED) is 0.471. The van der Waals surface area contributed by atoms with E-state index in [1.807, 2.05) is 20.8 Å². The molecule has 0 unspecified atom stereocenters. The SMILES string of the molecule is Cn1cnc2/c(=N\OC(C)(C)C)c3c(=O)c4ccccc4c(=O)c=3c(=O)c21. The van der Waals surface area contributed by atoms with Gasteiger partial charge in [0.2, 0.25) is 5.43 Å². The van der Waals surface area contributed by atoms with Crippen LogP contribution in [0, 0.1) is 10.4 Å². The molecule has 1 aromatic carbocycles. The van der Waals surface area contributed by atoms with Crippen LogP contribution in [0.15, 0.2) is 50.1 Å². The summed E-state index contributed by atoms with van der Waals surface area (Å²) in [6.45, 7) is 5.43. The summed E-state index contributed by atoms with van der Waals surface area (Å²) >= 11 is 0. The molecule has 27 heavy (non-hydrogen) atoms. The lowest BCUT2D eigenvalue weighted by atomic mass is 10.0. The third kappa shape index (κ3) is 2.46. The molecule has 136 valence electrons. The van der Waals surface area contributed by atoms with Crippen molar-refractivity contribution in [2.75, 3.05) is 0 Å². The lowest BCUT2D eigenvalue weighted by molar-refractivity contribution is -0.00601.